The minimum absolute atomic E-state index is 0.188. The van der Waals surface area contributed by atoms with Crippen LogP contribution in [-0.4, -0.2) is 29.1 Å². The van der Waals surface area contributed by atoms with Crippen molar-refractivity contribution in [3.8, 4) is 5.88 Å². The molecule has 2 rings (SSSR count). The Morgan fingerprint density at radius 1 is 1.29 bits per heavy atom. The lowest BCUT2D eigenvalue weighted by Crippen LogP contribution is -2.29. The van der Waals surface area contributed by atoms with Crippen LogP contribution in [0.1, 0.15) is 38.7 Å². The maximum absolute atomic E-state index is 5.61. The Morgan fingerprint density at radius 2 is 2.06 bits per heavy atom. The van der Waals surface area contributed by atoms with Gasteiger partial charge in [-0.25, -0.2) is 4.98 Å². The van der Waals surface area contributed by atoms with Gasteiger partial charge in [0, 0.05) is 18.8 Å². The topological polar surface area (TPSA) is 25.4 Å². The van der Waals surface area contributed by atoms with Gasteiger partial charge in [-0.2, -0.15) is 0 Å². The molecule has 1 aromatic heterocycles. The third kappa shape index (κ3) is 4.00. The molecule has 0 N–H and O–H groups in total. The molecule has 2 heterocycles. The summed E-state index contributed by atoms with van der Waals surface area (Å²) in [7, 11) is 0. The molecule has 0 aromatic carbocycles. The molecule has 0 radical (unpaired) electrons. The van der Waals surface area contributed by atoms with E-state index < -0.39 is 0 Å². The third-order valence-corrected chi connectivity index (χ3v) is 3.01. The van der Waals surface area contributed by atoms with Gasteiger partial charge in [-0.05, 0) is 51.4 Å². The molecule has 0 saturated carbocycles. The molecule has 0 amide bonds. The molecule has 1 saturated heterocycles. The van der Waals surface area contributed by atoms with Crippen LogP contribution in [0.3, 0.4) is 0 Å². The molecule has 3 heteroatoms. The van der Waals surface area contributed by atoms with Crippen molar-refractivity contribution >= 4 is 0 Å². The van der Waals surface area contributed by atoms with Gasteiger partial charge >= 0.3 is 0 Å². The van der Waals surface area contributed by atoms with Crippen LogP contribution in [0.15, 0.2) is 18.3 Å². The summed E-state index contributed by atoms with van der Waals surface area (Å²) in [6.45, 7) is 7.53. The van der Waals surface area contributed by atoms with Gasteiger partial charge in [0.05, 0.1) is 6.10 Å². The number of hydrogen-bond acceptors (Lipinski definition) is 3. The van der Waals surface area contributed by atoms with Gasteiger partial charge in [0.2, 0.25) is 5.88 Å². The highest BCUT2D eigenvalue weighted by atomic mass is 16.5. The van der Waals surface area contributed by atoms with Gasteiger partial charge in [0.25, 0.3) is 0 Å². The van der Waals surface area contributed by atoms with E-state index >= 15 is 0 Å². The van der Waals surface area contributed by atoms with Crippen molar-refractivity contribution < 1.29 is 4.74 Å². The summed E-state index contributed by atoms with van der Waals surface area (Å²) in [5, 5.41) is 0. The Balaban J connectivity index is 1.95. The highest BCUT2D eigenvalue weighted by molar-refractivity contribution is 5.20. The summed E-state index contributed by atoms with van der Waals surface area (Å²) in [6, 6.07) is 4.15. The molecule has 0 atom stereocenters. The summed E-state index contributed by atoms with van der Waals surface area (Å²) >= 11 is 0. The van der Waals surface area contributed by atoms with Gasteiger partial charge in [-0.15, -0.1) is 0 Å². The van der Waals surface area contributed by atoms with Crippen LogP contribution in [0.5, 0.6) is 5.88 Å². The lowest BCUT2D eigenvalue weighted by Gasteiger charge is -2.26. The van der Waals surface area contributed by atoms with E-state index in [4.69, 9.17) is 4.74 Å². The van der Waals surface area contributed by atoms with E-state index in [1.807, 2.05) is 20.0 Å². The summed E-state index contributed by atoms with van der Waals surface area (Å²) in [4.78, 5) is 6.74. The fourth-order valence-corrected chi connectivity index (χ4v) is 2.23. The first-order valence-electron chi connectivity index (χ1n) is 6.58. The predicted molar refractivity (Wildman–Crippen MR) is 69.1 cm³/mol. The molecule has 1 aliphatic heterocycles. The first kappa shape index (κ1) is 12.4. The van der Waals surface area contributed by atoms with Crippen LogP contribution < -0.4 is 4.74 Å². The maximum Gasteiger partial charge on any atom is 0.213 e. The Bertz CT molecular complexity index is 346. The number of likely N-dealkylation sites (tertiary alicyclic amines) is 1. The number of pyridine rings is 1. The van der Waals surface area contributed by atoms with E-state index in [1.54, 1.807) is 0 Å². The fourth-order valence-electron chi connectivity index (χ4n) is 2.23. The Labute approximate surface area is 104 Å². The van der Waals surface area contributed by atoms with Crippen LogP contribution in [0.4, 0.5) is 0 Å². The molecule has 1 aromatic rings. The van der Waals surface area contributed by atoms with Crippen molar-refractivity contribution in [3.63, 3.8) is 0 Å². The second kappa shape index (κ2) is 6.01. The van der Waals surface area contributed by atoms with E-state index in [1.165, 1.54) is 37.9 Å². The van der Waals surface area contributed by atoms with Crippen LogP contribution in [-0.2, 0) is 6.54 Å². The van der Waals surface area contributed by atoms with E-state index in [0.717, 1.165) is 12.4 Å². The number of piperidine rings is 1. The average Bonchev–Trinajstić information content (AvgIpc) is 2.30. The molecular formula is C14H22N2O. The quantitative estimate of drug-likeness (QED) is 0.801. The Morgan fingerprint density at radius 3 is 2.76 bits per heavy atom. The summed E-state index contributed by atoms with van der Waals surface area (Å²) in [5.41, 5.74) is 1.30. The maximum atomic E-state index is 5.61. The molecule has 0 unspecified atom stereocenters. The van der Waals surface area contributed by atoms with Gasteiger partial charge in [0.15, 0.2) is 0 Å². The number of hydrogen-bond donors (Lipinski definition) is 0. The molecule has 0 bridgehead atoms. The second-order valence-corrected chi connectivity index (χ2v) is 5.01. The average molecular weight is 234 g/mol. The molecular weight excluding hydrogens is 212 g/mol. The SMILES string of the molecule is CC(C)Oc1cc(CN2CCCCC2)ccn1. The zero-order valence-corrected chi connectivity index (χ0v) is 10.9. The Kier molecular flexibility index (Phi) is 4.37. The van der Waals surface area contributed by atoms with E-state index in [0.29, 0.717) is 0 Å². The standard InChI is InChI=1S/C14H22N2O/c1-12(2)17-14-10-13(6-7-15-14)11-16-8-4-3-5-9-16/h6-7,10,12H,3-5,8-9,11H2,1-2H3. The highest BCUT2D eigenvalue weighted by Gasteiger charge is 2.11. The van der Waals surface area contributed by atoms with Crippen molar-refractivity contribution in [1.82, 2.24) is 9.88 Å². The predicted octanol–water partition coefficient (Wildman–Crippen LogP) is 2.85. The van der Waals surface area contributed by atoms with Crippen LogP contribution in [0, 0.1) is 0 Å². The first-order chi connectivity index (χ1) is 8.24. The number of aromatic nitrogens is 1. The molecule has 94 valence electrons. The van der Waals surface area contributed by atoms with Crippen molar-refractivity contribution in [2.75, 3.05) is 13.1 Å². The monoisotopic (exact) mass is 234 g/mol. The van der Waals surface area contributed by atoms with Crippen LogP contribution >= 0.6 is 0 Å². The van der Waals surface area contributed by atoms with Gasteiger partial charge in [-0.1, -0.05) is 6.42 Å². The van der Waals surface area contributed by atoms with Crippen molar-refractivity contribution in [2.45, 2.75) is 45.8 Å². The molecule has 3 nitrogen and oxygen atoms in total. The third-order valence-electron chi connectivity index (χ3n) is 3.01. The minimum Gasteiger partial charge on any atom is -0.475 e. The van der Waals surface area contributed by atoms with Gasteiger partial charge in [0.1, 0.15) is 0 Å². The van der Waals surface area contributed by atoms with Crippen molar-refractivity contribution in [3.05, 3.63) is 23.9 Å². The molecule has 0 aliphatic carbocycles. The normalized spacial score (nSPS) is 17.4. The van der Waals surface area contributed by atoms with Crippen molar-refractivity contribution in [2.24, 2.45) is 0 Å². The smallest absolute Gasteiger partial charge is 0.213 e. The van der Waals surface area contributed by atoms with Gasteiger partial charge in [-0.3, -0.25) is 4.90 Å². The number of rotatable bonds is 4. The van der Waals surface area contributed by atoms with E-state index in [9.17, 15) is 0 Å². The summed E-state index contributed by atoms with van der Waals surface area (Å²) < 4.78 is 5.61. The highest BCUT2D eigenvalue weighted by Crippen LogP contribution is 2.16. The zero-order valence-electron chi connectivity index (χ0n) is 10.9. The molecule has 1 aliphatic rings. The largest absolute Gasteiger partial charge is 0.475 e. The Hall–Kier alpha value is -1.09. The number of nitrogens with zero attached hydrogens (tertiary/aromatic N) is 2. The molecule has 0 spiro atoms. The summed E-state index contributed by atoms with van der Waals surface area (Å²) in [5.74, 6) is 0.745. The lowest BCUT2D eigenvalue weighted by atomic mass is 10.1. The molecule has 17 heavy (non-hydrogen) atoms. The van der Waals surface area contributed by atoms with Crippen molar-refractivity contribution in [1.29, 1.82) is 0 Å². The van der Waals surface area contributed by atoms with Crippen LogP contribution in [0.2, 0.25) is 0 Å². The van der Waals surface area contributed by atoms with E-state index in [2.05, 4.69) is 22.0 Å². The zero-order chi connectivity index (χ0) is 12.1. The molecule has 1 fully saturated rings. The first-order valence-corrected chi connectivity index (χ1v) is 6.58. The second-order valence-electron chi connectivity index (χ2n) is 5.01. The number of ether oxygens (including phenoxy) is 1. The fraction of sp³-hybridized carbons (Fsp3) is 0.643. The summed E-state index contributed by atoms with van der Waals surface area (Å²) in [6.07, 6.45) is 6.08. The van der Waals surface area contributed by atoms with Crippen LogP contribution in [0.25, 0.3) is 0 Å². The lowest BCUT2D eigenvalue weighted by molar-refractivity contribution is 0.217. The van der Waals surface area contributed by atoms with E-state index in [-0.39, 0.29) is 6.10 Å². The minimum atomic E-state index is 0.188. The van der Waals surface area contributed by atoms with Gasteiger partial charge < -0.3 is 4.74 Å².